The Morgan fingerprint density at radius 2 is 1.40 bits per heavy atom. The second-order valence-electron chi connectivity index (χ2n) is 11.9. The van der Waals surface area contributed by atoms with E-state index in [2.05, 4.69) is 5.32 Å². The van der Waals surface area contributed by atoms with E-state index in [1.807, 2.05) is 68.3 Å². The summed E-state index contributed by atoms with van der Waals surface area (Å²) in [6, 6.07) is 22.3. The lowest BCUT2D eigenvalue weighted by Crippen LogP contribution is -2.46. The van der Waals surface area contributed by atoms with Gasteiger partial charge in [0.25, 0.3) is 5.91 Å². The van der Waals surface area contributed by atoms with E-state index in [-0.39, 0.29) is 24.3 Å². The van der Waals surface area contributed by atoms with Gasteiger partial charge in [0, 0.05) is 29.8 Å². The number of benzene rings is 4. The minimum Gasteiger partial charge on any atom is -0.392 e. The number of rotatable bonds is 10. The van der Waals surface area contributed by atoms with Crippen LogP contribution in [-0.2, 0) is 16.1 Å². The van der Waals surface area contributed by atoms with Crippen LogP contribution in [0.2, 0.25) is 0 Å². The summed E-state index contributed by atoms with van der Waals surface area (Å²) in [4.78, 5) is 14.5. The Balaban J connectivity index is 1.37. The predicted octanol–water partition coefficient (Wildman–Crippen LogP) is 6.97. The molecule has 0 aromatic heterocycles. The molecule has 0 unspecified atom stereocenters. The van der Waals surface area contributed by atoms with Gasteiger partial charge in [0.1, 0.15) is 5.56 Å². The number of amides is 1. The molecule has 0 radical (unpaired) electrons. The van der Waals surface area contributed by atoms with Gasteiger partial charge in [-0.2, -0.15) is 0 Å². The van der Waals surface area contributed by atoms with Crippen LogP contribution < -0.4 is 5.32 Å². The molecule has 0 aliphatic carbocycles. The van der Waals surface area contributed by atoms with Gasteiger partial charge in [-0.15, -0.1) is 0 Å². The van der Waals surface area contributed by atoms with Crippen LogP contribution >= 0.6 is 0 Å². The van der Waals surface area contributed by atoms with Crippen molar-refractivity contribution in [2.75, 3.05) is 18.9 Å². The van der Waals surface area contributed by atoms with Gasteiger partial charge >= 0.3 is 0 Å². The molecule has 7 nitrogen and oxygen atoms in total. The summed E-state index contributed by atoms with van der Waals surface area (Å²) in [5, 5.41) is 22.7. The average Bonchev–Trinajstić information content (AvgIpc) is 3.11. The first-order chi connectivity index (χ1) is 22.9. The van der Waals surface area contributed by atoms with Gasteiger partial charge in [-0.25, -0.2) is 22.0 Å². The van der Waals surface area contributed by atoms with Crippen molar-refractivity contribution in [3.63, 3.8) is 0 Å². The molecular formula is C36H35F5N2O5. The quantitative estimate of drug-likeness (QED) is 0.0960. The molecule has 0 saturated carbocycles. The number of carbonyl (C=O) groups excluding carboxylic acids is 1. The van der Waals surface area contributed by atoms with Gasteiger partial charge in [0.15, 0.2) is 29.6 Å². The van der Waals surface area contributed by atoms with Crippen LogP contribution in [0.4, 0.5) is 27.6 Å². The maximum atomic E-state index is 14.2. The van der Waals surface area contributed by atoms with E-state index in [1.165, 1.54) is 12.1 Å². The van der Waals surface area contributed by atoms with Gasteiger partial charge in [-0.3, -0.25) is 9.69 Å². The first-order valence-corrected chi connectivity index (χ1v) is 15.3. The summed E-state index contributed by atoms with van der Waals surface area (Å²) in [5.74, 6) is -13.0. The summed E-state index contributed by atoms with van der Waals surface area (Å²) >= 11 is 0. The topological polar surface area (TPSA) is 91.3 Å². The lowest BCUT2D eigenvalue weighted by Gasteiger charge is -2.43. The minimum atomic E-state index is -2.36. The Hall–Kier alpha value is -4.20. The molecule has 5 rings (SSSR count). The molecule has 4 aromatic carbocycles. The highest BCUT2D eigenvalue weighted by molar-refractivity contribution is 6.04. The van der Waals surface area contributed by atoms with E-state index in [9.17, 15) is 37.0 Å². The molecule has 6 atom stereocenters. The zero-order valence-corrected chi connectivity index (χ0v) is 26.3. The number of carbonyl (C=O) groups is 1. The molecule has 1 aliphatic heterocycles. The van der Waals surface area contributed by atoms with Crippen molar-refractivity contribution < 1.29 is 46.4 Å². The van der Waals surface area contributed by atoms with Gasteiger partial charge in [0.2, 0.25) is 5.82 Å². The van der Waals surface area contributed by atoms with Crippen LogP contribution in [-0.4, -0.2) is 46.8 Å². The standard InChI is InChI=1S/C36H35F5N2O5/c1-19-26(17-43(3)20(2)33(45)22-7-5-4-6-8-22)47-36(48-34(19)23-11-9-21(18-44)10-12-23)24-13-15-25(16-14-24)42-35(46)27-28(37)30(39)32(41)31(40)29(27)38/h4-16,19-20,26,33-34,36,44-45H,17-18H2,1-3H3,(H,42,46)/t19-,20+,26+,33+,34+,36+/m1/s1. The van der Waals surface area contributed by atoms with Gasteiger partial charge in [-0.05, 0) is 42.8 Å². The molecule has 1 fully saturated rings. The Labute approximate surface area is 274 Å². The fourth-order valence-corrected chi connectivity index (χ4v) is 5.67. The summed E-state index contributed by atoms with van der Waals surface area (Å²) in [7, 11) is 1.89. The molecule has 1 heterocycles. The zero-order chi connectivity index (χ0) is 34.7. The zero-order valence-electron chi connectivity index (χ0n) is 26.3. The predicted molar refractivity (Wildman–Crippen MR) is 167 cm³/mol. The van der Waals surface area contributed by atoms with Crippen molar-refractivity contribution >= 4 is 11.6 Å². The fourth-order valence-electron chi connectivity index (χ4n) is 5.67. The maximum Gasteiger partial charge on any atom is 0.261 e. The van der Waals surface area contributed by atoms with Gasteiger partial charge < -0.3 is 25.0 Å². The van der Waals surface area contributed by atoms with Crippen LogP contribution in [0.5, 0.6) is 0 Å². The molecular weight excluding hydrogens is 635 g/mol. The number of hydrogen-bond donors (Lipinski definition) is 3. The van der Waals surface area contributed by atoms with Crippen molar-refractivity contribution in [2.24, 2.45) is 5.92 Å². The number of halogens is 5. The SMILES string of the molecule is C[C@@H]1[C@H](CN(C)[C@@H](C)[C@H](O)c2ccccc2)O[C@H](c2ccc(NC(=O)c3c(F)c(F)c(F)c(F)c3F)cc2)O[C@@H]1c1ccc(CO)cc1. The molecule has 0 bridgehead atoms. The van der Waals surface area contributed by atoms with Crippen molar-refractivity contribution in [1.82, 2.24) is 4.90 Å². The van der Waals surface area contributed by atoms with Gasteiger partial charge in [-0.1, -0.05) is 73.7 Å². The molecule has 12 heteroatoms. The van der Waals surface area contributed by atoms with Crippen LogP contribution in [0.15, 0.2) is 78.9 Å². The number of hydrogen-bond acceptors (Lipinski definition) is 6. The van der Waals surface area contributed by atoms with E-state index >= 15 is 0 Å². The third-order valence-electron chi connectivity index (χ3n) is 8.76. The Morgan fingerprint density at radius 1 is 0.833 bits per heavy atom. The number of nitrogens with one attached hydrogen (secondary N) is 1. The fraction of sp³-hybridized carbons (Fsp3) is 0.306. The van der Waals surface area contributed by atoms with Crippen LogP contribution in [0.25, 0.3) is 0 Å². The first kappa shape index (κ1) is 35.1. The molecule has 1 saturated heterocycles. The van der Waals surface area contributed by atoms with Crippen LogP contribution in [0.1, 0.15) is 65.0 Å². The molecule has 48 heavy (non-hydrogen) atoms. The molecule has 0 spiro atoms. The summed E-state index contributed by atoms with van der Waals surface area (Å²) in [6.07, 6.45) is -2.50. The first-order valence-electron chi connectivity index (χ1n) is 15.3. The maximum absolute atomic E-state index is 14.2. The molecule has 3 N–H and O–H groups in total. The second-order valence-corrected chi connectivity index (χ2v) is 11.9. The third-order valence-corrected chi connectivity index (χ3v) is 8.76. The lowest BCUT2D eigenvalue weighted by molar-refractivity contribution is -0.276. The van der Waals surface area contributed by atoms with E-state index < -0.39 is 65.2 Å². The monoisotopic (exact) mass is 670 g/mol. The van der Waals surface area contributed by atoms with Crippen LogP contribution in [0.3, 0.4) is 0 Å². The summed E-state index contributed by atoms with van der Waals surface area (Å²) in [6.45, 7) is 4.22. The third kappa shape index (κ3) is 7.27. The van der Waals surface area contributed by atoms with Crippen molar-refractivity contribution in [3.8, 4) is 0 Å². The molecule has 1 amide bonds. The number of likely N-dealkylation sites (N-methyl/N-ethyl adjacent to an activating group) is 1. The van der Waals surface area contributed by atoms with Crippen molar-refractivity contribution in [2.45, 2.75) is 51.1 Å². The number of ether oxygens (including phenoxy) is 2. The number of anilines is 1. The average molecular weight is 671 g/mol. The Bertz CT molecular complexity index is 1700. The highest BCUT2D eigenvalue weighted by Crippen LogP contribution is 2.42. The minimum absolute atomic E-state index is 0.0213. The number of aliphatic hydroxyl groups is 2. The highest BCUT2D eigenvalue weighted by Gasteiger charge is 2.40. The lowest BCUT2D eigenvalue weighted by atomic mass is 9.89. The van der Waals surface area contributed by atoms with Gasteiger partial charge in [0.05, 0.1) is 24.9 Å². The highest BCUT2D eigenvalue weighted by atomic mass is 19.2. The van der Waals surface area contributed by atoms with Crippen molar-refractivity contribution in [3.05, 3.63) is 136 Å². The second kappa shape index (κ2) is 14.9. The molecule has 1 aliphatic rings. The summed E-state index contributed by atoms with van der Waals surface area (Å²) in [5.41, 5.74) is 1.32. The van der Waals surface area contributed by atoms with E-state index in [1.54, 1.807) is 24.3 Å². The number of nitrogens with zero attached hydrogens (tertiary/aromatic N) is 1. The smallest absolute Gasteiger partial charge is 0.261 e. The molecule has 254 valence electrons. The van der Waals surface area contributed by atoms with E-state index in [0.717, 1.165) is 16.7 Å². The van der Waals surface area contributed by atoms with E-state index in [4.69, 9.17) is 9.47 Å². The van der Waals surface area contributed by atoms with E-state index in [0.29, 0.717) is 12.1 Å². The molecule has 4 aromatic rings. The normalized spacial score (nSPS) is 20.8. The Morgan fingerprint density at radius 3 is 1.98 bits per heavy atom. The van der Waals surface area contributed by atoms with Crippen molar-refractivity contribution in [1.29, 1.82) is 0 Å². The largest absolute Gasteiger partial charge is 0.392 e. The summed E-state index contributed by atoms with van der Waals surface area (Å²) < 4.78 is 82.0. The number of aliphatic hydroxyl groups excluding tert-OH is 2. The Kier molecular flexibility index (Phi) is 10.9. The van der Waals surface area contributed by atoms with Crippen LogP contribution in [0, 0.1) is 35.0 Å².